The number of rotatable bonds is 4. The number of para-hydroxylation sites is 1. The van der Waals surface area contributed by atoms with Crippen molar-refractivity contribution < 1.29 is 4.42 Å². The molecule has 0 unspecified atom stereocenters. The fourth-order valence-electron chi connectivity index (χ4n) is 8.16. The van der Waals surface area contributed by atoms with E-state index in [2.05, 4.69) is 170 Å². The molecule has 2 aliphatic carbocycles. The molecule has 1 aromatic heterocycles. The molecular formula is C49H32O. The number of benzene rings is 7. The largest absolute Gasteiger partial charge is 0.455 e. The van der Waals surface area contributed by atoms with Gasteiger partial charge in [-0.3, -0.25) is 0 Å². The van der Waals surface area contributed by atoms with E-state index in [1.165, 1.54) is 60.5 Å². The lowest BCUT2D eigenvalue weighted by atomic mass is 9.80. The maximum absolute atomic E-state index is 6.70. The topological polar surface area (TPSA) is 13.1 Å². The summed E-state index contributed by atoms with van der Waals surface area (Å²) >= 11 is 0. The lowest BCUT2D eigenvalue weighted by molar-refractivity contribution is 0.670. The Balaban J connectivity index is 1.34. The molecule has 50 heavy (non-hydrogen) atoms. The molecule has 1 nitrogen and oxygen atoms in total. The van der Waals surface area contributed by atoms with Crippen LogP contribution in [0.2, 0.25) is 0 Å². The van der Waals surface area contributed by atoms with E-state index >= 15 is 0 Å². The summed E-state index contributed by atoms with van der Waals surface area (Å²) in [5.74, 6) is 7.18. The van der Waals surface area contributed by atoms with Crippen LogP contribution in [-0.2, 0) is 0 Å². The van der Waals surface area contributed by atoms with Crippen molar-refractivity contribution in [3.05, 3.63) is 168 Å². The molecule has 0 amide bonds. The van der Waals surface area contributed by atoms with Crippen molar-refractivity contribution in [2.24, 2.45) is 0 Å². The lowest BCUT2D eigenvalue weighted by Gasteiger charge is -2.22. The number of hydrogen-bond acceptors (Lipinski definition) is 1. The standard InChI is InChI=1S/C49H32O/c1-3-16-32(17-4-1)36-21-9-10-25-39(36)48-42-24-6-2-5-23-40(42)47(41-26-11-12-27-43(41)48)34-30-44(37-28-15-19-33-18-7-8-20-35(33)37)49-45(31-34)38-22-13-14-29-46(38)50-49/h1,3,5,7-16,18-23,25-31H,2,4,17H2. The fraction of sp³-hybridized carbons (Fsp3) is 0.0612. The van der Waals surface area contributed by atoms with Crippen molar-refractivity contribution in [2.45, 2.75) is 19.3 Å². The highest BCUT2D eigenvalue weighted by Gasteiger charge is 2.24. The Hall–Kier alpha value is -6.36. The van der Waals surface area contributed by atoms with Crippen molar-refractivity contribution in [1.82, 2.24) is 0 Å². The van der Waals surface area contributed by atoms with Gasteiger partial charge in [0.25, 0.3) is 0 Å². The average molecular weight is 637 g/mol. The predicted molar refractivity (Wildman–Crippen MR) is 212 cm³/mol. The number of hydrogen-bond donors (Lipinski definition) is 0. The fourth-order valence-corrected chi connectivity index (χ4v) is 8.16. The SMILES string of the molecule is C1#Cc2c(c(-c3cc(-c4cccc5ccccc45)c4oc5ccccc5c4c3)c3ccccc3c2-c2ccccc2C2=CC=CCC2)C=CC1. The summed E-state index contributed by atoms with van der Waals surface area (Å²) in [6, 6.07) is 46.1. The molecule has 0 bridgehead atoms. The van der Waals surface area contributed by atoms with Crippen LogP contribution in [0.15, 0.2) is 156 Å². The van der Waals surface area contributed by atoms with Gasteiger partial charge in [-0.2, -0.15) is 0 Å². The highest BCUT2D eigenvalue weighted by molar-refractivity contribution is 6.17. The van der Waals surface area contributed by atoms with Crippen LogP contribution in [-0.4, -0.2) is 0 Å². The van der Waals surface area contributed by atoms with Gasteiger partial charge in [-0.1, -0.05) is 151 Å². The maximum atomic E-state index is 6.70. The molecule has 0 spiro atoms. The zero-order valence-electron chi connectivity index (χ0n) is 27.5. The van der Waals surface area contributed by atoms with Crippen LogP contribution in [0.1, 0.15) is 36.0 Å². The molecule has 10 rings (SSSR count). The van der Waals surface area contributed by atoms with Gasteiger partial charge in [0.05, 0.1) is 0 Å². The quantitative estimate of drug-likeness (QED) is 0.175. The Labute approximate surface area is 291 Å². The first kappa shape index (κ1) is 28.6. The van der Waals surface area contributed by atoms with E-state index in [1.54, 1.807) is 0 Å². The second kappa shape index (κ2) is 11.7. The van der Waals surface area contributed by atoms with Gasteiger partial charge in [0.2, 0.25) is 0 Å². The summed E-state index contributed by atoms with van der Waals surface area (Å²) < 4.78 is 6.70. The van der Waals surface area contributed by atoms with E-state index in [0.29, 0.717) is 6.42 Å². The third kappa shape index (κ3) is 4.50. The molecule has 0 saturated carbocycles. The zero-order chi connectivity index (χ0) is 33.0. The van der Waals surface area contributed by atoms with Gasteiger partial charge in [0.1, 0.15) is 11.2 Å². The minimum Gasteiger partial charge on any atom is -0.455 e. The molecule has 0 atom stereocenters. The number of fused-ring (bicyclic) bond motifs is 6. The normalized spacial score (nSPS) is 13.7. The molecule has 234 valence electrons. The van der Waals surface area contributed by atoms with E-state index in [1.807, 2.05) is 0 Å². The molecule has 1 heterocycles. The maximum Gasteiger partial charge on any atom is 0.143 e. The molecule has 7 aromatic carbocycles. The van der Waals surface area contributed by atoms with Gasteiger partial charge in [-0.05, 0) is 91.5 Å². The van der Waals surface area contributed by atoms with Crippen molar-refractivity contribution in [2.75, 3.05) is 0 Å². The first-order chi connectivity index (χ1) is 24.8. The van der Waals surface area contributed by atoms with Gasteiger partial charge in [-0.15, -0.1) is 0 Å². The minimum absolute atomic E-state index is 0.716. The molecule has 0 N–H and O–H groups in total. The molecule has 0 saturated heterocycles. The molecule has 8 aromatic rings. The third-order valence-corrected chi connectivity index (χ3v) is 10.4. The lowest BCUT2D eigenvalue weighted by Crippen LogP contribution is -1.99. The molecule has 0 fully saturated rings. The molecule has 0 aliphatic heterocycles. The van der Waals surface area contributed by atoms with Crippen molar-refractivity contribution >= 4 is 55.1 Å². The van der Waals surface area contributed by atoms with Gasteiger partial charge in [0, 0.05) is 33.9 Å². The third-order valence-electron chi connectivity index (χ3n) is 10.4. The smallest absolute Gasteiger partial charge is 0.143 e. The Morgan fingerprint density at radius 1 is 0.560 bits per heavy atom. The summed E-state index contributed by atoms with van der Waals surface area (Å²) in [4.78, 5) is 0. The highest BCUT2D eigenvalue weighted by atomic mass is 16.3. The van der Waals surface area contributed by atoms with Crippen LogP contribution in [0.25, 0.3) is 88.5 Å². The number of furan rings is 1. The summed E-state index contributed by atoms with van der Waals surface area (Å²) in [6.45, 7) is 0. The van der Waals surface area contributed by atoms with E-state index < -0.39 is 0 Å². The van der Waals surface area contributed by atoms with Crippen molar-refractivity contribution in [1.29, 1.82) is 0 Å². The van der Waals surface area contributed by atoms with Crippen LogP contribution < -0.4 is 0 Å². The Bertz CT molecular complexity index is 2840. The Kier molecular flexibility index (Phi) is 6.68. The first-order valence-electron chi connectivity index (χ1n) is 17.5. The summed E-state index contributed by atoms with van der Waals surface area (Å²) in [7, 11) is 0. The van der Waals surface area contributed by atoms with Crippen LogP contribution in [0.3, 0.4) is 0 Å². The van der Waals surface area contributed by atoms with Crippen LogP contribution in [0, 0.1) is 11.8 Å². The van der Waals surface area contributed by atoms with Gasteiger partial charge < -0.3 is 4.42 Å². The average Bonchev–Trinajstić information content (AvgIpc) is 3.39. The van der Waals surface area contributed by atoms with E-state index in [-0.39, 0.29) is 0 Å². The summed E-state index contributed by atoms with van der Waals surface area (Å²) in [6.07, 6.45) is 14.1. The summed E-state index contributed by atoms with van der Waals surface area (Å²) in [5.41, 5.74) is 13.8. The predicted octanol–water partition coefficient (Wildman–Crippen LogP) is 13.4. The van der Waals surface area contributed by atoms with E-state index in [4.69, 9.17) is 4.42 Å². The van der Waals surface area contributed by atoms with Gasteiger partial charge in [0.15, 0.2) is 0 Å². The van der Waals surface area contributed by atoms with Crippen LogP contribution in [0.5, 0.6) is 0 Å². The minimum atomic E-state index is 0.716. The van der Waals surface area contributed by atoms with E-state index in [9.17, 15) is 0 Å². The van der Waals surface area contributed by atoms with Crippen LogP contribution >= 0.6 is 0 Å². The zero-order valence-corrected chi connectivity index (χ0v) is 27.5. The molecule has 1 heteroatoms. The molecule has 2 aliphatic rings. The second-order valence-electron chi connectivity index (χ2n) is 13.2. The van der Waals surface area contributed by atoms with Crippen LogP contribution in [0.4, 0.5) is 0 Å². The van der Waals surface area contributed by atoms with E-state index in [0.717, 1.165) is 51.5 Å². The Morgan fingerprint density at radius 2 is 1.28 bits per heavy atom. The van der Waals surface area contributed by atoms with Gasteiger partial charge >= 0.3 is 0 Å². The summed E-state index contributed by atoms with van der Waals surface area (Å²) in [5, 5.41) is 7.10. The molecular weight excluding hydrogens is 605 g/mol. The molecule has 0 radical (unpaired) electrons. The first-order valence-corrected chi connectivity index (χ1v) is 17.5. The highest BCUT2D eigenvalue weighted by Crippen LogP contribution is 2.48. The monoisotopic (exact) mass is 636 g/mol. The number of allylic oxidation sites excluding steroid dienone is 5. The second-order valence-corrected chi connectivity index (χ2v) is 13.2. The van der Waals surface area contributed by atoms with Crippen molar-refractivity contribution in [3.63, 3.8) is 0 Å². The van der Waals surface area contributed by atoms with Gasteiger partial charge in [-0.25, -0.2) is 0 Å². The Morgan fingerprint density at radius 3 is 2.14 bits per heavy atom. The van der Waals surface area contributed by atoms with Crippen molar-refractivity contribution in [3.8, 4) is 45.2 Å².